The van der Waals surface area contributed by atoms with E-state index in [9.17, 15) is 4.79 Å². The molecule has 0 unspecified atom stereocenters. The molecule has 0 bridgehead atoms. The molecule has 0 aromatic heterocycles. The van der Waals surface area contributed by atoms with Crippen LogP contribution < -0.4 is 10.1 Å². The normalized spacial score (nSPS) is 10.6. The third-order valence-electron chi connectivity index (χ3n) is 3.36. The Balaban J connectivity index is 2.11. The molecule has 0 aliphatic rings. The van der Waals surface area contributed by atoms with E-state index in [4.69, 9.17) is 4.74 Å². The summed E-state index contributed by atoms with van der Waals surface area (Å²) in [6, 6.07) is 12.3. The highest BCUT2D eigenvalue weighted by molar-refractivity contribution is 5.87. The maximum Gasteiger partial charge on any atom is 0.305 e. The van der Waals surface area contributed by atoms with Crippen molar-refractivity contribution < 1.29 is 14.3 Å². The van der Waals surface area contributed by atoms with Crippen LogP contribution in [0.15, 0.2) is 36.4 Å². The van der Waals surface area contributed by atoms with E-state index in [1.807, 2.05) is 25.2 Å². The summed E-state index contributed by atoms with van der Waals surface area (Å²) in [7, 11) is 3.32. The van der Waals surface area contributed by atoms with Gasteiger partial charge in [0.2, 0.25) is 0 Å². The minimum atomic E-state index is -0.201. The van der Waals surface area contributed by atoms with Gasteiger partial charge < -0.3 is 14.8 Å². The lowest BCUT2D eigenvalue weighted by atomic mass is 10.0. The van der Waals surface area contributed by atoms with E-state index in [1.54, 1.807) is 0 Å². The molecule has 0 atom stereocenters. The molecule has 2 rings (SSSR count). The lowest BCUT2D eigenvalue weighted by molar-refractivity contribution is -0.140. The van der Waals surface area contributed by atoms with Crippen LogP contribution in [0.25, 0.3) is 10.8 Å². The molecular formula is C17H21NO3. The number of rotatable bonds is 7. The van der Waals surface area contributed by atoms with E-state index in [0.717, 1.165) is 17.9 Å². The van der Waals surface area contributed by atoms with Crippen LogP contribution in [0.5, 0.6) is 5.75 Å². The summed E-state index contributed by atoms with van der Waals surface area (Å²) in [4.78, 5) is 11.1. The van der Waals surface area contributed by atoms with E-state index in [0.29, 0.717) is 19.4 Å². The van der Waals surface area contributed by atoms with Gasteiger partial charge >= 0.3 is 5.97 Å². The molecular weight excluding hydrogens is 266 g/mol. The number of carbonyl (C=O) groups is 1. The fourth-order valence-corrected chi connectivity index (χ4v) is 2.31. The van der Waals surface area contributed by atoms with Crippen LogP contribution >= 0.6 is 0 Å². The number of ether oxygens (including phenoxy) is 2. The second-order valence-electron chi connectivity index (χ2n) is 4.82. The summed E-state index contributed by atoms with van der Waals surface area (Å²) >= 11 is 0. The Kier molecular flexibility index (Phi) is 5.58. The van der Waals surface area contributed by atoms with E-state index in [2.05, 4.69) is 28.3 Å². The Morgan fingerprint density at radius 2 is 2.00 bits per heavy atom. The third kappa shape index (κ3) is 3.95. The Hall–Kier alpha value is -2.07. The quantitative estimate of drug-likeness (QED) is 0.628. The molecule has 0 saturated heterocycles. The molecule has 1 N–H and O–H groups in total. The number of benzene rings is 2. The molecule has 0 fully saturated rings. The van der Waals surface area contributed by atoms with Crippen molar-refractivity contribution in [2.45, 2.75) is 19.4 Å². The number of fused-ring (bicyclic) bond motifs is 1. The van der Waals surface area contributed by atoms with Crippen LogP contribution in [0.1, 0.15) is 18.4 Å². The van der Waals surface area contributed by atoms with Crippen LogP contribution in [0.4, 0.5) is 0 Å². The highest BCUT2D eigenvalue weighted by Crippen LogP contribution is 2.28. The third-order valence-corrected chi connectivity index (χ3v) is 3.36. The largest absolute Gasteiger partial charge is 0.493 e. The molecule has 0 saturated carbocycles. The molecule has 0 spiro atoms. The van der Waals surface area contributed by atoms with Gasteiger partial charge in [0.05, 0.1) is 13.7 Å². The van der Waals surface area contributed by atoms with Gasteiger partial charge in [0.15, 0.2) is 0 Å². The lowest BCUT2D eigenvalue weighted by Crippen LogP contribution is -2.09. The SMILES string of the molecule is CNCc1c(OCCCC(=O)OC)ccc2ccccc12. The van der Waals surface area contributed by atoms with Crippen LogP contribution in [0.3, 0.4) is 0 Å². The summed E-state index contributed by atoms with van der Waals surface area (Å²) in [5, 5.41) is 5.57. The Morgan fingerprint density at radius 1 is 1.19 bits per heavy atom. The first-order valence-electron chi connectivity index (χ1n) is 7.11. The number of nitrogens with one attached hydrogen (secondary N) is 1. The first-order chi connectivity index (χ1) is 10.3. The molecule has 0 heterocycles. The van der Waals surface area contributed by atoms with E-state index in [1.165, 1.54) is 17.9 Å². The van der Waals surface area contributed by atoms with Gasteiger partial charge in [-0.15, -0.1) is 0 Å². The molecule has 2 aromatic carbocycles. The van der Waals surface area contributed by atoms with E-state index in [-0.39, 0.29) is 5.97 Å². The molecule has 112 valence electrons. The van der Waals surface area contributed by atoms with Crippen LogP contribution in [-0.2, 0) is 16.1 Å². The van der Waals surface area contributed by atoms with Crippen LogP contribution in [0, 0.1) is 0 Å². The van der Waals surface area contributed by atoms with Gasteiger partial charge in [-0.3, -0.25) is 4.79 Å². The van der Waals surface area contributed by atoms with Crippen molar-refractivity contribution in [3.63, 3.8) is 0 Å². The number of carbonyl (C=O) groups excluding carboxylic acids is 1. The zero-order chi connectivity index (χ0) is 15.1. The molecule has 0 aliphatic carbocycles. The summed E-state index contributed by atoms with van der Waals surface area (Å²) in [6.07, 6.45) is 1.03. The van der Waals surface area contributed by atoms with Crippen molar-refractivity contribution in [1.29, 1.82) is 0 Å². The predicted octanol–water partition coefficient (Wildman–Crippen LogP) is 2.89. The second kappa shape index (κ2) is 7.64. The van der Waals surface area contributed by atoms with Crippen molar-refractivity contribution in [3.05, 3.63) is 42.0 Å². The van der Waals surface area contributed by atoms with E-state index >= 15 is 0 Å². The van der Waals surface area contributed by atoms with Crippen molar-refractivity contribution in [2.24, 2.45) is 0 Å². The average Bonchev–Trinajstić information content (AvgIpc) is 2.53. The standard InChI is InChI=1S/C17H21NO3/c1-18-12-15-14-7-4-3-6-13(14)9-10-16(15)21-11-5-8-17(19)20-2/h3-4,6-7,9-10,18H,5,8,11-12H2,1-2H3. The van der Waals surface area contributed by atoms with E-state index < -0.39 is 0 Å². The van der Waals surface area contributed by atoms with Crippen LogP contribution in [0.2, 0.25) is 0 Å². The van der Waals surface area contributed by atoms with Crippen molar-refractivity contribution >= 4 is 16.7 Å². The van der Waals surface area contributed by atoms with Crippen molar-refractivity contribution in [3.8, 4) is 5.75 Å². The molecule has 0 amide bonds. The fourth-order valence-electron chi connectivity index (χ4n) is 2.31. The zero-order valence-corrected chi connectivity index (χ0v) is 12.5. The predicted molar refractivity (Wildman–Crippen MR) is 83.5 cm³/mol. The molecule has 2 aromatic rings. The summed E-state index contributed by atoms with van der Waals surface area (Å²) in [5.41, 5.74) is 1.15. The smallest absolute Gasteiger partial charge is 0.305 e. The highest BCUT2D eigenvalue weighted by Gasteiger charge is 2.08. The molecule has 4 nitrogen and oxygen atoms in total. The maximum absolute atomic E-state index is 11.1. The fraction of sp³-hybridized carbons (Fsp3) is 0.353. The monoisotopic (exact) mass is 287 g/mol. The van der Waals surface area contributed by atoms with Gasteiger partial charge in [-0.25, -0.2) is 0 Å². The Labute approximate surface area is 125 Å². The maximum atomic E-state index is 11.1. The zero-order valence-electron chi connectivity index (χ0n) is 12.5. The summed E-state index contributed by atoms with van der Waals surface area (Å²) in [5.74, 6) is 0.667. The first kappa shape index (κ1) is 15.3. The van der Waals surface area contributed by atoms with Gasteiger partial charge in [-0.2, -0.15) is 0 Å². The molecule has 4 heteroatoms. The molecule has 0 aliphatic heterocycles. The first-order valence-corrected chi connectivity index (χ1v) is 7.11. The second-order valence-corrected chi connectivity index (χ2v) is 4.82. The Morgan fingerprint density at radius 3 is 2.76 bits per heavy atom. The van der Waals surface area contributed by atoms with Crippen LogP contribution in [-0.4, -0.2) is 26.7 Å². The number of hydrogen-bond donors (Lipinski definition) is 1. The highest BCUT2D eigenvalue weighted by atomic mass is 16.5. The van der Waals surface area contributed by atoms with Gasteiger partial charge in [-0.1, -0.05) is 30.3 Å². The topological polar surface area (TPSA) is 47.6 Å². The minimum Gasteiger partial charge on any atom is -0.493 e. The summed E-state index contributed by atoms with van der Waals surface area (Å²) in [6.45, 7) is 1.25. The molecule has 0 radical (unpaired) electrons. The number of hydrogen-bond acceptors (Lipinski definition) is 4. The average molecular weight is 287 g/mol. The van der Waals surface area contributed by atoms with Crippen molar-refractivity contribution in [1.82, 2.24) is 5.32 Å². The van der Waals surface area contributed by atoms with Gasteiger partial charge in [-0.05, 0) is 30.3 Å². The van der Waals surface area contributed by atoms with Crippen molar-refractivity contribution in [2.75, 3.05) is 20.8 Å². The van der Waals surface area contributed by atoms with Gasteiger partial charge in [0.1, 0.15) is 5.75 Å². The van der Waals surface area contributed by atoms with Gasteiger partial charge in [0.25, 0.3) is 0 Å². The molecule has 21 heavy (non-hydrogen) atoms. The Bertz CT molecular complexity index is 610. The van der Waals surface area contributed by atoms with Gasteiger partial charge in [0, 0.05) is 18.5 Å². The summed E-state index contributed by atoms with van der Waals surface area (Å²) < 4.78 is 10.5. The number of methoxy groups -OCH3 is 1. The number of esters is 1. The minimum absolute atomic E-state index is 0.201. The lowest BCUT2D eigenvalue weighted by Gasteiger charge is -2.14.